The van der Waals surface area contributed by atoms with Crippen LogP contribution in [-0.4, -0.2) is 8.42 Å². The van der Waals surface area contributed by atoms with Crippen LogP contribution >= 0.6 is 39.3 Å². The zero-order chi connectivity index (χ0) is 5.33. The normalized spacial score (nSPS) is 28.0. The molecule has 0 amide bonds. The highest BCUT2D eigenvalue weighted by Crippen LogP contribution is 2.60. The van der Waals surface area contributed by atoms with Gasteiger partial charge in [-0.25, -0.2) is 8.42 Å². The van der Waals surface area contributed by atoms with Gasteiger partial charge in [0.1, 0.15) is 0 Å². The van der Waals surface area contributed by atoms with E-state index in [0.29, 0.717) is 0 Å². The first-order chi connectivity index (χ1) is 3.21. The molecule has 7 heavy (non-hydrogen) atoms. The van der Waals surface area contributed by atoms with Gasteiger partial charge in [-0.1, -0.05) is 0 Å². The van der Waals surface area contributed by atoms with Gasteiger partial charge in [-0.2, -0.15) is 0 Å². The predicted molar refractivity (Wildman–Crippen MR) is 39.3 cm³/mol. The van der Waals surface area contributed by atoms with E-state index in [1.165, 1.54) is 19.7 Å². The molecule has 1 aliphatic heterocycles. The molecule has 2 nitrogen and oxygen atoms in total. The summed E-state index contributed by atoms with van der Waals surface area (Å²) in [6.07, 6.45) is 0. The molecule has 1 aliphatic rings. The van der Waals surface area contributed by atoms with Gasteiger partial charge in [0.2, 0.25) is 0 Å². The van der Waals surface area contributed by atoms with E-state index < -0.39 is 7.90 Å². The van der Waals surface area contributed by atoms with Crippen LogP contribution < -0.4 is 0 Å². The van der Waals surface area contributed by atoms with Crippen LogP contribution in [0.3, 0.4) is 0 Å². The molecule has 1 heterocycles. The highest BCUT2D eigenvalue weighted by Gasteiger charge is 2.21. The van der Waals surface area contributed by atoms with Crippen LogP contribution in [0.4, 0.5) is 0 Å². The van der Waals surface area contributed by atoms with Crippen LogP contribution in [0.2, 0.25) is 0 Å². The first kappa shape index (κ1) is 6.47. The third-order valence-electron chi connectivity index (χ3n) is 0.250. The van der Waals surface area contributed by atoms with Crippen LogP contribution in [0.15, 0.2) is 0 Å². The molecule has 0 unspecified atom stereocenters. The molecule has 1 saturated heterocycles. The van der Waals surface area contributed by atoms with Crippen LogP contribution in [-0.2, 0) is 7.90 Å². The molecule has 0 radical (unpaired) electrons. The molecule has 1 rings (SSSR count). The molecule has 0 bridgehead atoms. The van der Waals surface area contributed by atoms with E-state index >= 15 is 0 Å². The average Bonchev–Trinajstić information content (AvgIpc) is 1.84. The average molecular weight is 192 g/mol. The van der Waals surface area contributed by atoms with Gasteiger partial charge >= 0.3 is 0 Å². The topological polar surface area (TPSA) is 34.1 Å². The lowest BCUT2D eigenvalue weighted by Crippen LogP contribution is -1.70. The van der Waals surface area contributed by atoms with E-state index in [4.69, 9.17) is 0 Å². The standard InChI is InChI=1S/O2S5/c1-7(2)5-3-4-6-7. The second-order valence-electron chi connectivity index (χ2n) is 0.680. The molecule has 0 N–H and O–H groups in total. The second-order valence-corrected chi connectivity index (χ2v) is 11.8. The van der Waals surface area contributed by atoms with Crippen molar-refractivity contribution in [2.24, 2.45) is 0 Å². The summed E-state index contributed by atoms with van der Waals surface area (Å²) in [6, 6.07) is 0. The maximum atomic E-state index is 10.3. The molecule has 7 heteroatoms. The third-order valence-corrected chi connectivity index (χ3v) is 14.2. The SMILES string of the molecule is O=S1(=O)SSSS1. The van der Waals surface area contributed by atoms with E-state index in [1.54, 1.807) is 0 Å². The van der Waals surface area contributed by atoms with E-state index in [1.807, 2.05) is 0 Å². The number of rotatable bonds is 0. The van der Waals surface area contributed by atoms with Gasteiger partial charge < -0.3 is 0 Å². The minimum atomic E-state index is -2.79. The minimum Gasteiger partial charge on any atom is -0.204 e. The monoisotopic (exact) mass is 192 g/mol. The quantitative estimate of drug-likeness (QED) is 0.546. The smallest absolute Gasteiger partial charge is 0.204 e. The molecular weight excluding hydrogens is 192 g/mol. The molecule has 0 aromatic heterocycles. The first-order valence-electron chi connectivity index (χ1n) is 1.17. The van der Waals surface area contributed by atoms with Crippen LogP contribution in [0.25, 0.3) is 0 Å². The lowest BCUT2D eigenvalue weighted by Gasteiger charge is -1.75. The first-order valence-corrected chi connectivity index (χ1v) is 8.50. The summed E-state index contributed by atoms with van der Waals surface area (Å²) < 4.78 is 20.6. The molecule has 0 spiro atoms. The van der Waals surface area contributed by atoms with Gasteiger partial charge in [0.25, 0.3) is 7.90 Å². The van der Waals surface area contributed by atoms with E-state index in [2.05, 4.69) is 0 Å². The Hall–Kier alpha value is 1.35. The highest BCUT2D eigenvalue weighted by molar-refractivity contribution is 9.57. The van der Waals surface area contributed by atoms with E-state index in [-0.39, 0.29) is 0 Å². The van der Waals surface area contributed by atoms with Crippen molar-refractivity contribution >= 4 is 47.2 Å². The maximum Gasteiger partial charge on any atom is 0.275 e. The van der Waals surface area contributed by atoms with E-state index in [9.17, 15) is 8.42 Å². The Kier molecular flexibility index (Phi) is 2.13. The highest BCUT2D eigenvalue weighted by atomic mass is 34.1. The fourth-order valence-corrected chi connectivity index (χ4v) is 17.5. The van der Waals surface area contributed by atoms with Crippen molar-refractivity contribution in [3.63, 3.8) is 0 Å². The third kappa shape index (κ3) is 1.96. The molecule has 42 valence electrons. The van der Waals surface area contributed by atoms with Gasteiger partial charge in [0.15, 0.2) is 0 Å². The van der Waals surface area contributed by atoms with Gasteiger partial charge in [0.05, 0.1) is 19.7 Å². The van der Waals surface area contributed by atoms with Crippen molar-refractivity contribution in [3.8, 4) is 0 Å². The summed E-state index contributed by atoms with van der Waals surface area (Å²) in [7, 11) is 1.62. The van der Waals surface area contributed by atoms with Gasteiger partial charge in [0, 0.05) is 19.7 Å². The molecule has 0 aromatic carbocycles. The van der Waals surface area contributed by atoms with Gasteiger partial charge in [-0.15, -0.1) is 0 Å². The summed E-state index contributed by atoms with van der Waals surface area (Å²) in [5.74, 6) is 0. The van der Waals surface area contributed by atoms with Crippen LogP contribution in [0.5, 0.6) is 0 Å². The second kappa shape index (κ2) is 2.30. The molecule has 1 fully saturated rings. The summed E-state index contributed by atoms with van der Waals surface area (Å²) in [4.78, 5) is 0. The Morgan fingerprint density at radius 1 is 1.00 bits per heavy atom. The van der Waals surface area contributed by atoms with Crippen molar-refractivity contribution in [3.05, 3.63) is 0 Å². The Bertz CT molecular complexity index is 129. The summed E-state index contributed by atoms with van der Waals surface area (Å²) in [5.41, 5.74) is 0. The Labute approximate surface area is 55.5 Å². The van der Waals surface area contributed by atoms with Crippen molar-refractivity contribution in [2.75, 3.05) is 0 Å². The van der Waals surface area contributed by atoms with Gasteiger partial charge in [-0.3, -0.25) is 0 Å². The number of hydrogen-bond acceptors (Lipinski definition) is 6. The molecule has 0 aromatic rings. The lowest BCUT2D eigenvalue weighted by molar-refractivity contribution is 0.623. The molecule has 0 saturated carbocycles. The zero-order valence-electron chi connectivity index (χ0n) is 2.86. The van der Waals surface area contributed by atoms with Crippen LogP contribution in [0, 0.1) is 0 Å². The van der Waals surface area contributed by atoms with E-state index in [0.717, 1.165) is 19.7 Å². The van der Waals surface area contributed by atoms with Crippen molar-refractivity contribution < 1.29 is 8.42 Å². The predicted octanol–water partition coefficient (Wildman–Crippen LogP) is 1.92. The Morgan fingerprint density at radius 3 is 1.57 bits per heavy atom. The van der Waals surface area contributed by atoms with Crippen molar-refractivity contribution in [1.29, 1.82) is 0 Å². The molecule has 0 aliphatic carbocycles. The van der Waals surface area contributed by atoms with Crippen molar-refractivity contribution in [1.82, 2.24) is 0 Å². The number of hydrogen-bond donors (Lipinski definition) is 0. The van der Waals surface area contributed by atoms with Gasteiger partial charge in [-0.05, 0) is 0 Å². The Morgan fingerprint density at radius 2 is 1.43 bits per heavy atom. The summed E-state index contributed by atoms with van der Waals surface area (Å²) in [5, 5.41) is 0. The maximum absolute atomic E-state index is 10.3. The fourth-order valence-electron chi connectivity index (χ4n) is 0.102. The molecular formula is O2S5. The minimum absolute atomic E-state index is 0.914. The summed E-state index contributed by atoms with van der Waals surface area (Å²) in [6.45, 7) is 0. The lowest BCUT2D eigenvalue weighted by atomic mass is 15.9. The largest absolute Gasteiger partial charge is 0.275 e. The summed E-state index contributed by atoms with van der Waals surface area (Å²) >= 11 is 0. The molecule has 0 atom stereocenters. The van der Waals surface area contributed by atoms with Crippen molar-refractivity contribution in [2.45, 2.75) is 0 Å². The zero-order valence-corrected chi connectivity index (χ0v) is 6.94. The fraction of sp³-hybridized carbons (Fsp3) is 0. The Balaban J connectivity index is 2.76. The van der Waals surface area contributed by atoms with Crippen LogP contribution in [0.1, 0.15) is 0 Å².